The number of carbonyl (C=O) groups excluding carboxylic acids is 1. The summed E-state index contributed by atoms with van der Waals surface area (Å²) >= 11 is 0. The Hall–Kier alpha value is -4.58. The Balaban J connectivity index is 1.65. The van der Waals surface area contributed by atoms with E-state index >= 15 is 0 Å². The first-order valence-electron chi connectivity index (χ1n) is 12.2. The Morgan fingerprint density at radius 3 is 2.45 bits per heavy atom. The zero-order chi connectivity index (χ0) is 29.0. The maximum Gasteiger partial charge on any atom is 0.573 e. The number of aromatic nitrogens is 3. The summed E-state index contributed by atoms with van der Waals surface area (Å²) in [5, 5.41) is 10.1. The van der Waals surface area contributed by atoms with Crippen molar-refractivity contribution >= 4 is 11.8 Å². The van der Waals surface area contributed by atoms with Crippen molar-refractivity contribution in [2.24, 2.45) is 7.05 Å². The molecule has 9 nitrogen and oxygen atoms in total. The molecule has 4 aromatic rings. The Kier molecular flexibility index (Phi) is 8.29. The van der Waals surface area contributed by atoms with Gasteiger partial charge in [-0.15, -0.1) is 13.2 Å². The molecule has 0 saturated heterocycles. The second-order valence-electron chi connectivity index (χ2n) is 9.13. The number of methoxy groups -OCH3 is 1. The van der Waals surface area contributed by atoms with Crippen LogP contribution in [0.3, 0.4) is 0 Å². The van der Waals surface area contributed by atoms with Gasteiger partial charge in [0, 0.05) is 49.2 Å². The number of nitrogens with one attached hydrogen (secondary N) is 2. The van der Waals surface area contributed by atoms with E-state index in [0.717, 1.165) is 0 Å². The van der Waals surface area contributed by atoms with E-state index in [1.165, 1.54) is 29.9 Å². The summed E-state index contributed by atoms with van der Waals surface area (Å²) in [6.07, 6.45) is -3.23. The average molecular weight is 556 g/mol. The Bertz CT molecular complexity index is 1550. The SMILES string of the molecule is COCc1ccc(OC(F)(F)F)c(CNC(=O)Nc2c(C)c(-c3cc(C)c(=O)n(C)c3)nn2-c2ccccc2)c1. The number of hydrogen-bond acceptors (Lipinski definition) is 5. The number of alkyl halides is 3. The standard InChI is InChI=1S/C28H28F3N5O4/c1-17-12-21(15-35(3)26(17)37)24-18(2)25(36(34-24)22-8-6-5-7-9-22)33-27(38)32-14-20-13-19(16-39-4)10-11-23(20)40-28(29,30)31/h5-13,15H,14,16H2,1-4H3,(H2,32,33,38). The number of carbonyl (C=O) groups is 1. The number of ether oxygens (including phenoxy) is 2. The fourth-order valence-electron chi connectivity index (χ4n) is 4.26. The number of anilines is 1. The van der Waals surface area contributed by atoms with Gasteiger partial charge in [-0.25, -0.2) is 9.48 Å². The summed E-state index contributed by atoms with van der Waals surface area (Å²) in [5.41, 5.74) is 3.66. The maximum absolute atomic E-state index is 13.0. The lowest BCUT2D eigenvalue weighted by Gasteiger charge is -2.16. The van der Waals surface area contributed by atoms with E-state index in [-0.39, 0.29) is 24.3 Å². The number of para-hydroxylation sites is 1. The van der Waals surface area contributed by atoms with E-state index in [1.54, 1.807) is 37.8 Å². The highest BCUT2D eigenvalue weighted by Crippen LogP contribution is 2.31. The molecule has 40 heavy (non-hydrogen) atoms. The van der Waals surface area contributed by atoms with Gasteiger partial charge in [-0.1, -0.05) is 24.3 Å². The highest BCUT2D eigenvalue weighted by atomic mass is 19.4. The van der Waals surface area contributed by atoms with Gasteiger partial charge in [0.25, 0.3) is 5.56 Å². The molecule has 0 spiro atoms. The lowest BCUT2D eigenvalue weighted by molar-refractivity contribution is -0.274. The minimum Gasteiger partial charge on any atom is -0.405 e. The molecule has 0 aliphatic rings. The molecule has 12 heteroatoms. The molecule has 2 aromatic heterocycles. The largest absolute Gasteiger partial charge is 0.573 e. The van der Waals surface area contributed by atoms with Crippen LogP contribution in [-0.4, -0.2) is 33.9 Å². The smallest absolute Gasteiger partial charge is 0.405 e. The van der Waals surface area contributed by atoms with Crippen LogP contribution in [0.25, 0.3) is 16.9 Å². The molecule has 2 amide bonds. The Labute approximate surface area is 228 Å². The molecule has 0 unspecified atom stereocenters. The number of pyridine rings is 1. The molecule has 0 atom stereocenters. The van der Waals surface area contributed by atoms with Gasteiger partial charge in [-0.2, -0.15) is 5.10 Å². The van der Waals surface area contributed by atoms with Crippen molar-refractivity contribution in [3.63, 3.8) is 0 Å². The van der Waals surface area contributed by atoms with Crippen LogP contribution in [0.4, 0.5) is 23.8 Å². The van der Waals surface area contributed by atoms with Gasteiger partial charge in [0.15, 0.2) is 0 Å². The van der Waals surface area contributed by atoms with Crippen molar-refractivity contribution in [3.8, 4) is 22.7 Å². The van der Waals surface area contributed by atoms with E-state index in [2.05, 4.69) is 15.4 Å². The molecule has 0 radical (unpaired) electrons. The first kappa shape index (κ1) is 28.4. The van der Waals surface area contributed by atoms with E-state index < -0.39 is 18.1 Å². The van der Waals surface area contributed by atoms with Crippen LogP contribution in [0.2, 0.25) is 0 Å². The third-order valence-corrected chi connectivity index (χ3v) is 6.09. The summed E-state index contributed by atoms with van der Waals surface area (Å²) in [5.74, 6) is -0.0735. The van der Waals surface area contributed by atoms with E-state index in [4.69, 9.17) is 9.84 Å². The fourth-order valence-corrected chi connectivity index (χ4v) is 4.26. The molecule has 0 aliphatic carbocycles. The molecule has 2 heterocycles. The van der Waals surface area contributed by atoms with Crippen LogP contribution in [-0.2, 0) is 24.9 Å². The number of nitrogens with zero attached hydrogens (tertiary/aromatic N) is 3. The van der Waals surface area contributed by atoms with Crippen LogP contribution in [0.5, 0.6) is 5.75 Å². The average Bonchev–Trinajstić information content (AvgIpc) is 3.22. The first-order chi connectivity index (χ1) is 19.0. The highest BCUT2D eigenvalue weighted by molar-refractivity contribution is 5.90. The first-order valence-corrected chi connectivity index (χ1v) is 12.2. The van der Waals surface area contributed by atoms with Gasteiger partial charge in [0.05, 0.1) is 18.0 Å². The maximum atomic E-state index is 13.0. The summed E-state index contributed by atoms with van der Waals surface area (Å²) in [7, 11) is 3.11. The van der Waals surface area contributed by atoms with E-state index in [0.29, 0.717) is 39.5 Å². The van der Waals surface area contributed by atoms with Crippen molar-refractivity contribution in [3.05, 3.63) is 93.4 Å². The molecule has 4 rings (SSSR count). The molecule has 0 aliphatic heterocycles. The van der Waals surface area contributed by atoms with E-state index in [9.17, 15) is 22.8 Å². The van der Waals surface area contributed by atoms with Gasteiger partial charge in [-0.05, 0) is 49.7 Å². The van der Waals surface area contributed by atoms with Crippen molar-refractivity contribution in [1.82, 2.24) is 19.7 Å². The number of urea groups is 1. The van der Waals surface area contributed by atoms with Crippen LogP contribution < -0.4 is 20.9 Å². The summed E-state index contributed by atoms with van der Waals surface area (Å²) < 4.78 is 51.1. The number of halogens is 3. The van der Waals surface area contributed by atoms with E-state index in [1.807, 2.05) is 30.3 Å². The summed E-state index contributed by atoms with van der Waals surface area (Å²) in [4.78, 5) is 25.2. The van der Waals surface area contributed by atoms with Crippen LogP contribution in [0.15, 0.2) is 65.6 Å². The van der Waals surface area contributed by atoms with Gasteiger partial charge < -0.3 is 19.4 Å². The molecule has 210 valence electrons. The second kappa shape index (κ2) is 11.7. The molecular formula is C28H28F3N5O4. The lowest BCUT2D eigenvalue weighted by Crippen LogP contribution is -2.30. The third kappa shape index (κ3) is 6.52. The normalized spacial score (nSPS) is 11.4. The number of benzene rings is 2. The molecule has 0 saturated carbocycles. The number of amides is 2. The monoisotopic (exact) mass is 555 g/mol. The Morgan fingerprint density at radius 2 is 1.80 bits per heavy atom. The molecular weight excluding hydrogens is 527 g/mol. The fraction of sp³-hybridized carbons (Fsp3) is 0.250. The zero-order valence-electron chi connectivity index (χ0n) is 22.3. The number of hydrogen-bond donors (Lipinski definition) is 2. The van der Waals surface area contributed by atoms with Crippen LogP contribution >= 0.6 is 0 Å². The van der Waals surface area contributed by atoms with Gasteiger partial charge in [0.1, 0.15) is 11.6 Å². The minimum absolute atomic E-state index is 0.122. The number of rotatable bonds is 8. The highest BCUT2D eigenvalue weighted by Gasteiger charge is 2.32. The topological polar surface area (TPSA) is 99.4 Å². The molecule has 2 aromatic carbocycles. The molecule has 2 N–H and O–H groups in total. The Morgan fingerprint density at radius 1 is 1.07 bits per heavy atom. The van der Waals surface area contributed by atoms with Crippen molar-refractivity contribution < 1.29 is 27.4 Å². The predicted octanol–water partition coefficient (Wildman–Crippen LogP) is 5.22. The lowest BCUT2D eigenvalue weighted by atomic mass is 10.1. The third-order valence-electron chi connectivity index (χ3n) is 6.09. The molecule has 0 fully saturated rings. The second-order valence-corrected chi connectivity index (χ2v) is 9.13. The quantitative estimate of drug-likeness (QED) is 0.311. The zero-order valence-corrected chi connectivity index (χ0v) is 22.3. The van der Waals surface area contributed by atoms with Gasteiger partial charge in [-0.3, -0.25) is 10.1 Å². The van der Waals surface area contributed by atoms with Gasteiger partial charge in [0.2, 0.25) is 0 Å². The minimum atomic E-state index is -4.89. The number of aryl methyl sites for hydroxylation is 2. The van der Waals surface area contributed by atoms with Crippen LogP contribution in [0, 0.1) is 13.8 Å². The summed E-state index contributed by atoms with van der Waals surface area (Å²) in [6.45, 7) is 3.41. The molecule has 0 bridgehead atoms. The van der Waals surface area contributed by atoms with Crippen molar-refractivity contribution in [2.75, 3.05) is 12.4 Å². The summed E-state index contributed by atoms with van der Waals surface area (Å²) in [6, 6.07) is 14.3. The van der Waals surface area contributed by atoms with Crippen LogP contribution in [0.1, 0.15) is 22.3 Å². The van der Waals surface area contributed by atoms with Crippen molar-refractivity contribution in [2.45, 2.75) is 33.4 Å². The van der Waals surface area contributed by atoms with Gasteiger partial charge >= 0.3 is 12.4 Å². The van der Waals surface area contributed by atoms with Crippen molar-refractivity contribution in [1.29, 1.82) is 0 Å². The predicted molar refractivity (Wildman–Crippen MR) is 143 cm³/mol.